The smallest absolute Gasteiger partial charge is 0.227 e. The van der Waals surface area contributed by atoms with E-state index in [1.54, 1.807) is 0 Å². The van der Waals surface area contributed by atoms with Crippen LogP contribution < -0.4 is 10.2 Å². The maximum atomic E-state index is 12.2. The summed E-state index contributed by atoms with van der Waals surface area (Å²) in [6.45, 7) is 2.22. The molecule has 138 valence electrons. The van der Waals surface area contributed by atoms with E-state index >= 15 is 0 Å². The lowest BCUT2D eigenvalue weighted by Gasteiger charge is -2.17. The van der Waals surface area contributed by atoms with E-state index in [0.29, 0.717) is 24.6 Å². The quantitative estimate of drug-likeness (QED) is 0.720. The van der Waals surface area contributed by atoms with Crippen molar-refractivity contribution in [2.75, 3.05) is 23.3 Å². The normalized spacial score (nSPS) is 13.7. The van der Waals surface area contributed by atoms with Crippen LogP contribution in [-0.4, -0.2) is 29.1 Å². The van der Waals surface area contributed by atoms with Crippen LogP contribution in [0, 0.1) is 0 Å². The van der Waals surface area contributed by atoms with Crippen molar-refractivity contribution in [3.63, 3.8) is 0 Å². The van der Waals surface area contributed by atoms with E-state index in [2.05, 4.69) is 32.5 Å². The van der Waals surface area contributed by atoms with Crippen LogP contribution in [0.3, 0.4) is 0 Å². The van der Waals surface area contributed by atoms with Crippen LogP contribution in [-0.2, 0) is 11.2 Å². The SMILES string of the molecule is O=C(CCc1nc(-c2ccccc2)no1)Nc1ccc(N2CCCC2)cc1. The number of hydrogen-bond donors (Lipinski definition) is 1. The molecular formula is C21H22N4O2. The largest absolute Gasteiger partial charge is 0.372 e. The van der Waals surface area contributed by atoms with Gasteiger partial charge in [-0.25, -0.2) is 0 Å². The lowest BCUT2D eigenvalue weighted by molar-refractivity contribution is -0.116. The van der Waals surface area contributed by atoms with Crippen LogP contribution in [0.4, 0.5) is 11.4 Å². The van der Waals surface area contributed by atoms with Gasteiger partial charge in [0.2, 0.25) is 17.6 Å². The van der Waals surface area contributed by atoms with Gasteiger partial charge in [0.1, 0.15) is 0 Å². The zero-order valence-electron chi connectivity index (χ0n) is 15.1. The van der Waals surface area contributed by atoms with Gasteiger partial charge in [0.25, 0.3) is 0 Å². The number of aryl methyl sites for hydroxylation is 1. The lowest BCUT2D eigenvalue weighted by Crippen LogP contribution is -2.17. The number of hydrogen-bond acceptors (Lipinski definition) is 5. The molecule has 1 fully saturated rings. The van der Waals surface area contributed by atoms with E-state index < -0.39 is 0 Å². The summed E-state index contributed by atoms with van der Waals surface area (Å²) in [4.78, 5) is 18.9. The Kier molecular flexibility index (Phi) is 5.14. The molecule has 6 nitrogen and oxygen atoms in total. The van der Waals surface area contributed by atoms with Crippen molar-refractivity contribution in [2.24, 2.45) is 0 Å². The van der Waals surface area contributed by atoms with E-state index in [1.165, 1.54) is 18.5 Å². The molecular weight excluding hydrogens is 340 g/mol. The molecule has 1 aliphatic heterocycles. The molecule has 0 bridgehead atoms. The van der Waals surface area contributed by atoms with Crippen molar-refractivity contribution < 1.29 is 9.32 Å². The van der Waals surface area contributed by atoms with Crippen LogP contribution in [0.25, 0.3) is 11.4 Å². The van der Waals surface area contributed by atoms with Crippen molar-refractivity contribution in [1.82, 2.24) is 10.1 Å². The van der Waals surface area contributed by atoms with Crippen LogP contribution in [0.5, 0.6) is 0 Å². The first-order valence-electron chi connectivity index (χ1n) is 9.31. The molecule has 0 atom stereocenters. The molecule has 0 radical (unpaired) electrons. The van der Waals surface area contributed by atoms with Gasteiger partial charge < -0.3 is 14.7 Å². The molecule has 2 aromatic carbocycles. The average Bonchev–Trinajstić information content (AvgIpc) is 3.40. The molecule has 1 aliphatic rings. The molecule has 1 saturated heterocycles. The minimum absolute atomic E-state index is 0.0663. The highest BCUT2D eigenvalue weighted by atomic mass is 16.5. The molecule has 4 rings (SSSR count). The zero-order valence-corrected chi connectivity index (χ0v) is 15.1. The van der Waals surface area contributed by atoms with E-state index in [0.717, 1.165) is 24.3 Å². The third-order valence-corrected chi connectivity index (χ3v) is 4.69. The minimum Gasteiger partial charge on any atom is -0.372 e. The average molecular weight is 362 g/mol. The molecule has 27 heavy (non-hydrogen) atoms. The standard InChI is InChI=1S/C21H22N4O2/c26-19(22-17-8-10-18(11-9-17)25-14-4-5-15-25)12-13-20-23-21(24-27-20)16-6-2-1-3-7-16/h1-3,6-11H,4-5,12-15H2,(H,22,26). The summed E-state index contributed by atoms with van der Waals surface area (Å²) in [5.74, 6) is 0.945. The zero-order chi connectivity index (χ0) is 18.5. The Hall–Kier alpha value is -3.15. The second kappa shape index (κ2) is 8.03. The number of carbonyl (C=O) groups is 1. The van der Waals surface area contributed by atoms with Crippen molar-refractivity contribution in [3.8, 4) is 11.4 Å². The van der Waals surface area contributed by atoms with Crippen LogP contribution in [0.2, 0.25) is 0 Å². The molecule has 0 saturated carbocycles. The van der Waals surface area contributed by atoms with Crippen molar-refractivity contribution in [3.05, 3.63) is 60.5 Å². The van der Waals surface area contributed by atoms with Gasteiger partial charge in [-0.05, 0) is 37.1 Å². The Bertz CT molecular complexity index is 884. The molecule has 1 amide bonds. The maximum absolute atomic E-state index is 12.2. The lowest BCUT2D eigenvalue weighted by atomic mass is 10.2. The molecule has 0 unspecified atom stereocenters. The number of amides is 1. The summed E-state index contributed by atoms with van der Waals surface area (Å²) >= 11 is 0. The second-order valence-electron chi connectivity index (χ2n) is 6.67. The fourth-order valence-electron chi connectivity index (χ4n) is 3.24. The number of nitrogens with zero attached hydrogens (tertiary/aromatic N) is 3. The number of benzene rings is 2. The molecule has 3 aromatic rings. The van der Waals surface area contributed by atoms with Gasteiger partial charge in [-0.2, -0.15) is 4.98 Å². The van der Waals surface area contributed by atoms with E-state index in [9.17, 15) is 4.79 Å². The van der Waals surface area contributed by atoms with Crippen molar-refractivity contribution in [2.45, 2.75) is 25.7 Å². The molecule has 2 heterocycles. The predicted octanol–water partition coefficient (Wildman–Crippen LogP) is 3.91. The van der Waals surface area contributed by atoms with Gasteiger partial charge in [0.15, 0.2) is 0 Å². The summed E-state index contributed by atoms with van der Waals surface area (Å²) < 4.78 is 5.25. The van der Waals surface area contributed by atoms with Gasteiger partial charge in [0.05, 0.1) is 0 Å². The molecule has 0 spiro atoms. The first-order chi connectivity index (χ1) is 13.3. The number of aromatic nitrogens is 2. The van der Waals surface area contributed by atoms with Gasteiger partial charge in [-0.3, -0.25) is 4.79 Å². The summed E-state index contributed by atoms with van der Waals surface area (Å²) in [5.41, 5.74) is 2.92. The summed E-state index contributed by atoms with van der Waals surface area (Å²) in [7, 11) is 0. The Morgan fingerprint density at radius 2 is 1.78 bits per heavy atom. The Morgan fingerprint density at radius 1 is 1.04 bits per heavy atom. The number of nitrogens with one attached hydrogen (secondary N) is 1. The monoisotopic (exact) mass is 362 g/mol. The summed E-state index contributed by atoms with van der Waals surface area (Å²) in [6.07, 6.45) is 3.21. The minimum atomic E-state index is -0.0663. The Balaban J connectivity index is 1.29. The maximum Gasteiger partial charge on any atom is 0.227 e. The summed E-state index contributed by atoms with van der Waals surface area (Å²) in [6, 6.07) is 17.7. The van der Waals surface area contributed by atoms with Gasteiger partial charge in [-0.15, -0.1) is 0 Å². The fraction of sp³-hybridized carbons (Fsp3) is 0.286. The number of carbonyl (C=O) groups excluding carboxylic acids is 1. The Morgan fingerprint density at radius 3 is 2.52 bits per heavy atom. The molecule has 0 aliphatic carbocycles. The summed E-state index contributed by atoms with van der Waals surface area (Å²) in [5, 5.41) is 6.89. The fourth-order valence-corrected chi connectivity index (χ4v) is 3.24. The van der Waals surface area contributed by atoms with E-state index in [-0.39, 0.29) is 5.91 Å². The second-order valence-corrected chi connectivity index (χ2v) is 6.67. The van der Waals surface area contributed by atoms with Crippen LogP contribution in [0.1, 0.15) is 25.2 Å². The molecule has 1 aromatic heterocycles. The highest BCUT2D eigenvalue weighted by molar-refractivity contribution is 5.90. The van der Waals surface area contributed by atoms with Crippen molar-refractivity contribution in [1.29, 1.82) is 0 Å². The topological polar surface area (TPSA) is 71.3 Å². The van der Waals surface area contributed by atoms with Gasteiger partial charge in [0, 0.05) is 42.9 Å². The Labute approximate surface area is 158 Å². The van der Waals surface area contributed by atoms with E-state index in [4.69, 9.17) is 4.52 Å². The number of anilines is 2. The molecule has 6 heteroatoms. The van der Waals surface area contributed by atoms with Crippen LogP contribution >= 0.6 is 0 Å². The third-order valence-electron chi connectivity index (χ3n) is 4.69. The highest BCUT2D eigenvalue weighted by Crippen LogP contribution is 2.22. The van der Waals surface area contributed by atoms with E-state index in [1.807, 2.05) is 42.5 Å². The first kappa shape index (κ1) is 17.3. The van der Waals surface area contributed by atoms with Gasteiger partial charge in [-0.1, -0.05) is 35.5 Å². The third kappa shape index (κ3) is 4.34. The first-order valence-corrected chi connectivity index (χ1v) is 9.31. The number of rotatable bonds is 6. The molecule has 1 N–H and O–H groups in total. The van der Waals surface area contributed by atoms with Gasteiger partial charge >= 0.3 is 0 Å². The van der Waals surface area contributed by atoms with Crippen LogP contribution in [0.15, 0.2) is 59.1 Å². The highest BCUT2D eigenvalue weighted by Gasteiger charge is 2.13. The van der Waals surface area contributed by atoms with Crippen molar-refractivity contribution >= 4 is 17.3 Å². The predicted molar refractivity (Wildman–Crippen MR) is 105 cm³/mol.